The van der Waals surface area contributed by atoms with Gasteiger partial charge in [0, 0.05) is 5.69 Å². The first kappa shape index (κ1) is 20.2. The number of carbonyl (C=O) groups is 2. The van der Waals surface area contributed by atoms with E-state index in [0.717, 1.165) is 18.1 Å². The van der Waals surface area contributed by atoms with E-state index in [1.807, 2.05) is 19.1 Å². The van der Waals surface area contributed by atoms with Crippen molar-refractivity contribution in [1.82, 2.24) is 0 Å². The van der Waals surface area contributed by atoms with Crippen LogP contribution < -0.4 is 14.8 Å². The quantitative estimate of drug-likeness (QED) is 0.709. The van der Waals surface area contributed by atoms with Gasteiger partial charge in [0.15, 0.2) is 18.1 Å². The second kappa shape index (κ2) is 9.51. The van der Waals surface area contributed by atoms with Crippen LogP contribution in [0.1, 0.15) is 22.8 Å². The van der Waals surface area contributed by atoms with Crippen molar-refractivity contribution in [2.75, 3.05) is 19.0 Å². The lowest BCUT2D eigenvalue weighted by Crippen LogP contribution is -2.21. The van der Waals surface area contributed by atoms with E-state index in [-0.39, 0.29) is 17.1 Å². The topological polar surface area (TPSA) is 73.9 Å². The summed E-state index contributed by atoms with van der Waals surface area (Å²) in [5, 5.41) is 2.61. The molecule has 1 N–H and O–H groups in total. The average Bonchev–Trinajstić information content (AvgIpc) is 2.66. The fraction of sp³-hybridized carbons (Fsp3) is 0.263. The number of rotatable bonds is 8. The molecule has 8 heteroatoms. The highest BCUT2D eigenvalue weighted by Crippen LogP contribution is 2.29. The van der Waals surface area contributed by atoms with Gasteiger partial charge >= 0.3 is 12.6 Å². The monoisotopic (exact) mass is 379 g/mol. The molecule has 2 aromatic rings. The maximum absolute atomic E-state index is 12.3. The van der Waals surface area contributed by atoms with Gasteiger partial charge in [0.05, 0.1) is 12.7 Å². The number of ether oxygens (including phenoxy) is 3. The van der Waals surface area contributed by atoms with Crippen LogP contribution in [0.2, 0.25) is 0 Å². The molecule has 27 heavy (non-hydrogen) atoms. The highest BCUT2D eigenvalue weighted by Gasteiger charge is 2.16. The zero-order valence-electron chi connectivity index (χ0n) is 14.8. The van der Waals surface area contributed by atoms with E-state index < -0.39 is 25.1 Å². The number of esters is 1. The molecule has 0 aromatic heterocycles. The highest BCUT2D eigenvalue weighted by molar-refractivity contribution is 5.95. The molecule has 0 aliphatic rings. The van der Waals surface area contributed by atoms with E-state index in [1.54, 1.807) is 12.1 Å². The van der Waals surface area contributed by atoms with Crippen LogP contribution in [0.3, 0.4) is 0 Å². The Hall–Kier alpha value is -3.16. The van der Waals surface area contributed by atoms with E-state index in [4.69, 9.17) is 9.47 Å². The SMILES string of the molecule is CCc1ccc(NC(=O)COC(=O)c2ccc(OC(F)F)c(OC)c2)cc1. The van der Waals surface area contributed by atoms with Gasteiger partial charge < -0.3 is 19.5 Å². The van der Waals surface area contributed by atoms with Crippen molar-refractivity contribution in [1.29, 1.82) is 0 Å². The first-order chi connectivity index (χ1) is 12.9. The summed E-state index contributed by atoms with van der Waals surface area (Å²) in [5.41, 5.74) is 1.75. The van der Waals surface area contributed by atoms with Crippen molar-refractivity contribution in [3.8, 4) is 11.5 Å². The van der Waals surface area contributed by atoms with Crippen LogP contribution in [0.25, 0.3) is 0 Å². The minimum absolute atomic E-state index is 0.0357. The van der Waals surface area contributed by atoms with Crippen LogP contribution in [-0.4, -0.2) is 32.2 Å². The van der Waals surface area contributed by atoms with Crippen molar-refractivity contribution in [2.45, 2.75) is 20.0 Å². The van der Waals surface area contributed by atoms with Crippen LogP contribution in [0, 0.1) is 0 Å². The molecule has 0 fully saturated rings. The molecule has 0 saturated heterocycles. The normalized spacial score (nSPS) is 10.4. The minimum atomic E-state index is -3.02. The fourth-order valence-electron chi connectivity index (χ4n) is 2.22. The summed E-state index contributed by atoms with van der Waals surface area (Å²) in [6.07, 6.45) is 0.885. The number of benzene rings is 2. The molecule has 0 unspecified atom stereocenters. The van der Waals surface area contributed by atoms with Gasteiger partial charge in [-0.25, -0.2) is 4.79 Å². The largest absolute Gasteiger partial charge is 0.493 e. The molecular formula is C19H19F2NO5. The van der Waals surface area contributed by atoms with Gasteiger partial charge in [-0.05, 0) is 42.3 Å². The van der Waals surface area contributed by atoms with E-state index in [9.17, 15) is 18.4 Å². The van der Waals surface area contributed by atoms with E-state index in [2.05, 4.69) is 10.1 Å². The summed E-state index contributed by atoms with van der Waals surface area (Å²) in [5.74, 6) is -1.56. The van der Waals surface area contributed by atoms with Crippen LogP contribution in [0.5, 0.6) is 11.5 Å². The number of nitrogens with one attached hydrogen (secondary N) is 1. The van der Waals surface area contributed by atoms with E-state index in [1.165, 1.54) is 19.2 Å². The molecule has 0 bridgehead atoms. The summed E-state index contributed by atoms with van der Waals surface area (Å²) in [6, 6.07) is 10.9. The van der Waals surface area contributed by atoms with Crippen molar-refractivity contribution < 1.29 is 32.6 Å². The zero-order chi connectivity index (χ0) is 19.8. The Morgan fingerprint density at radius 2 is 1.78 bits per heavy atom. The maximum Gasteiger partial charge on any atom is 0.387 e. The molecule has 144 valence electrons. The molecule has 0 atom stereocenters. The van der Waals surface area contributed by atoms with Gasteiger partial charge in [-0.15, -0.1) is 0 Å². The summed E-state index contributed by atoms with van der Waals surface area (Å²) in [4.78, 5) is 23.9. The van der Waals surface area contributed by atoms with Crippen LogP contribution >= 0.6 is 0 Å². The number of alkyl halides is 2. The number of hydrogen-bond donors (Lipinski definition) is 1. The Bertz CT molecular complexity index is 793. The number of amides is 1. The van der Waals surface area contributed by atoms with Crippen molar-refractivity contribution in [2.24, 2.45) is 0 Å². The lowest BCUT2D eigenvalue weighted by molar-refractivity contribution is -0.119. The Balaban J connectivity index is 1.93. The van der Waals surface area contributed by atoms with Crippen molar-refractivity contribution in [3.05, 3.63) is 53.6 Å². The number of carbonyl (C=O) groups excluding carboxylic acids is 2. The first-order valence-corrected chi connectivity index (χ1v) is 8.11. The van der Waals surface area contributed by atoms with Gasteiger partial charge in [0.2, 0.25) is 0 Å². The van der Waals surface area contributed by atoms with Gasteiger partial charge in [-0.1, -0.05) is 19.1 Å². The molecule has 0 spiro atoms. The summed E-state index contributed by atoms with van der Waals surface area (Å²) < 4.78 is 38.8. The second-order valence-corrected chi connectivity index (χ2v) is 5.42. The predicted octanol–water partition coefficient (Wildman–Crippen LogP) is 3.65. The van der Waals surface area contributed by atoms with E-state index in [0.29, 0.717) is 5.69 Å². The van der Waals surface area contributed by atoms with Crippen LogP contribution in [0.4, 0.5) is 14.5 Å². The minimum Gasteiger partial charge on any atom is -0.493 e. The molecule has 0 saturated carbocycles. The lowest BCUT2D eigenvalue weighted by atomic mass is 10.1. The Morgan fingerprint density at radius 1 is 1.07 bits per heavy atom. The molecule has 0 radical (unpaired) electrons. The molecule has 0 aliphatic heterocycles. The van der Waals surface area contributed by atoms with Crippen molar-refractivity contribution in [3.63, 3.8) is 0 Å². The average molecular weight is 379 g/mol. The third-order valence-corrected chi connectivity index (χ3v) is 3.60. The Kier molecular flexibility index (Phi) is 7.10. The lowest BCUT2D eigenvalue weighted by Gasteiger charge is -2.11. The number of aryl methyl sites for hydroxylation is 1. The number of hydrogen-bond acceptors (Lipinski definition) is 5. The third-order valence-electron chi connectivity index (χ3n) is 3.60. The number of anilines is 1. The Labute approximate surface area is 155 Å². The van der Waals surface area contributed by atoms with Gasteiger partial charge in [0.25, 0.3) is 5.91 Å². The Morgan fingerprint density at radius 3 is 2.37 bits per heavy atom. The first-order valence-electron chi connectivity index (χ1n) is 8.11. The molecular weight excluding hydrogens is 360 g/mol. The zero-order valence-corrected chi connectivity index (χ0v) is 14.8. The molecule has 2 rings (SSSR count). The van der Waals surface area contributed by atoms with Gasteiger partial charge in [-0.3, -0.25) is 4.79 Å². The van der Waals surface area contributed by atoms with Crippen molar-refractivity contribution >= 4 is 17.6 Å². The van der Waals surface area contributed by atoms with Crippen LogP contribution in [-0.2, 0) is 16.0 Å². The molecule has 2 aromatic carbocycles. The third kappa shape index (κ3) is 5.95. The van der Waals surface area contributed by atoms with Gasteiger partial charge in [-0.2, -0.15) is 8.78 Å². The van der Waals surface area contributed by atoms with Gasteiger partial charge in [0.1, 0.15) is 0 Å². The molecule has 0 aliphatic carbocycles. The molecule has 6 nitrogen and oxygen atoms in total. The summed E-state index contributed by atoms with van der Waals surface area (Å²) >= 11 is 0. The summed E-state index contributed by atoms with van der Waals surface area (Å²) in [6.45, 7) is -1.49. The van der Waals surface area contributed by atoms with Crippen LogP contribution in [0.15, 0.2) is 42.5 Å². The summed E-state index contributed by atoms with van der Waals surface area (Å²) in [7, 11) is 1.25. The van der Waals surface area contributed by atoms with E-state index >= 15 is 0 Å². The molecule has 0 heterocycles. The standard InChI is InChI=1S/C19H19F2NO5/c1-3-12-4-7-14(8-5-12)22-17(23)11-26-18(24)13-6-9-15(27-19(20)21)16(10-13)25-2/h4-10,19H,3,11H2,1-2H3,(H,22,23). The second-order valence-electron chi connectivity index (χ2n) is 5.42. The molecule has 1 amide bonds. The number of halogens is 2. The number of methoxy groups -OCH3 is 1. The smallest absolute Gasteiger partial charge is 0.387 e. The predicted molar refractivity (Wildman–Crippen MR) is 94.4 cm³/mol. The fourth-order valence-corrected chi connectivity index (χ4v) is 2.22. The highest BCUT2D eigenvalue weighted by atomic mass is 19.3. The maximum atomic E-state index is 12.3.